The van der Waals surface area contributed by atoms with E-state index in [2.05, 4.69) is 4.90 Å². The molecule has 0 atom stereocenters. The van der Waals surface area contributed by atoms with Gasteiger partial charge in [-0.15, -0.1) is 0 Å². The predicted molar refractivity (Wildman–Crippen MR) is 83.5 cm³/mol. The molecule has 1 aromatic rings. The average molecular weight is 347 g/mol. The lowest BCUT2D eigenvalue weighted by atomic mass is 10.2. The highest BCUT2D eigenvalue weighted by Crippen LogP contribution is 2.19. The van der Waals surface area contributed by atoms with Crippen molar-refractivity contribution in [3.05, 3.63) is 29.3 Å². The predicted octanol–water partition coefficient (Wildman–Crippen LogP) is 1.51. The quantitative estimate of drug-likeness (QED) is 0.844. The molecule has 0 bridgehead atoms. The molecular formula is C14H19ClN2O4S. The van der Waals surface area contributed by atoms with E-state index in [9.17, 15) is 13.2 Å². The normalized spacial score (nSPS) is 17.5. The minimum Gasteiger partial charge on any atom is -0.481 e. The minimum absolute atomic E-state index is 0.142. The van der Waals surface area contributed by atoms with E-state index in [1.54, 1.807) is 12.1 Å². The molecular weight excluding hydrogens is 328 g/mol. The summed E-state index contributed by atoms with van der Waals surface area (Å²) in [7, 11) is -3.48. The summed E-state index contributed by atoms with van der Waals surface area (Å²) in [6.45, 7) is 2.75. The smallest absolute Gasteiger partial charge is 0.303 e. The first-order valence-electron chi connectivity index (χ1n) is 7.09. The summed E-state index contributed by atoms with van der Waals surface area (Å²) in [5, 5.41) is 9.12. The summed E-state index contributed by atoms with van der Waals surface area (Å²) in [6, 6.07) is 6.15. The van der Waals surface area contributed by atoms with E-state index in [0.29, 0.717) is 44.2 Å². The second kappa shape index (κ2) is 7.41. The monoisotopic (exact) mass is 346 g/mol. The Hall–Kier alpha value is -1.15. The van der Waals surface area contributed by atoms with Crippen molar-refractivity contribution in [3.63, 3.8) is 0 Å². The summed E-state index contributed by atoms with van der Waals surface area (Å²) in [6.07, 6.45) is 0.725. The van der Waals surface area contributed by atoms with Crippen molar-refractivity contribution in [3.8, 4) is 0 Å². The van der Waals surface area contributed by atoms with Crippen LogP contribution < -0.4 is 0 Å². The molecule has 6 nitrogen and oxygen atoms in total. The third-order valence-electron chi connectivity index (χ3n) is 3.65. The van der Waals surface area contributed by atoms with Crippen LogP contribution in [0.4, 0.5) is 0 Å². The van der Waals surface area contributed by atoms with E-state index in [1.807, 2.05) is 0 Å². The van der Waals surface area contributed by atoms with Gasteiger partial charge in [0.2, 0.25) is 10.0 Å². The molecule has 0 spiro atoms. The number of nitrogens with zero attached hydrogens (tertiary/aromatic N) is 2. The molecule has 0 saturated carbocycles. The van der Waals surface area contributed by atoms with Gasteiger partial charge in [-0.25, -0.2) is 8.42 Å². The van der Waals surface area contributed by atoms with Crippen molar-refractivity contribution >= 4 is 27.6 Å². The van der Waals surface area contributed by atoms with E-state index in [-0.39, 0.29) is 11.3 Å². The number of halogens is 1. The van der Waals surface area contributed by atoms with Crippen LogP contribution in [0, 0.1) is 0 Å². The molecule has 1 aromatic carbocycles. The first kappa shape index (κ1) is 17.2. The van der Waals surface area contributed by atoms with Gasteiger partial charge in [0.25, 0.3) is 0 Å². The second-order valence-electron chi connectivity index (χ2n) is 5.20. The molecule has 2 rings (SSSR count). The van der Waals surface area contributed by atoms with Gasteiger partial charge >= 0.3 is 5.97 Å². The van der Waals surface area contributed by atoms with Gasteiger partial charge in [-0.1, -0.05) is 11.6 Å². The van der Waals surface area contributed by atoms with Crippen LogP contribution in [0.5, 0.6) is 0 Å². The number of rotatable bonds is 6. The molecule has 0 radical (unpaired) electrons. The summed E-state index contributed by atoms with van der Waals surface area (Å²) in [4.78, 5) is 12.8. The highest BCUT2D eigenvalue weighted by Gasteiger charge is 2.28. The molecule has 1 aliphatic rings. The summed E-state index contributed by atoms with van der Waals surface area (Å²) in [5.74, 6) is -0.802. The number of sulfonamides is 1. The summed E-state index contributed by atoms with van der Waals surface area (Å²) in [5.41, 5.74) is 0. The number of hydrogen-bond acceptors (Lipinski definition) is 4. The molecule has 1 fully saturated rings. The lowest BCUT2D eigenvalue weighted by Gasteiger charge is -2.33. The third kappa shape index (κ3) is 4.42. The number of carboxylic acid groups (broad SMARTS) is 1. The highest BCUT2D eigenvalue weighted by molar-refractivity contribution is 7.89. The summed E-state index contributed by atoms with van der Waals surface area (Å²) < 4.78 is 26.5. The zero-order valence-corrected chi connectivity index (χ0v) is 13.7. The molecule has 1 aliphatic heterocycles. The lowest BCUT2D eigenvalue weighted by molar-refractivity contribution is -0.137. The van der Waals surface area contributed by atoms with Crippen LogP contribution >= 0.6 is 11.6 Å². The number of carbonyl (C=O) groups is 1. The number of piperazine rings is 1. The molecule has 22 heavy (non-hydrogen) atoms. The maximum absolute atomic E-state index is 12.5. The molecule has 1 saturated heterocycles. The van der Waals surface area contributed by atoms with E-state index in [1.165, 1.54) is 16.4 Å². The molecule has 122 valence electrons. The Bertz CT molecular complexity index is 610. The van der Waals surface area contributed by atoms with Gasteiger partial charge in [0.1, 0.15) is 0 Å². The molecule has 8 heteroatoms. The number of aliphatic carboxylic acids is 1. The minimum atomic E-state index is -3.48. The van der Waals surface area contributed by atoms with E-state index >= 15 is 0 Å². The fourth-order valence-electron chi connectivity index (χ4n) is 2.40. The lowest BCUT2D eigenvalue weighted by Crippen LogP contribution is -2.48. The first-order valence-corrected chi connectivity index (χ1v) is 8.91. The fourth-order valence-corrected chi connectivity index (χ4v) is 3.95. The molecule has 0 unspecified atom stereocenters. The van der Waals surface area contributed by atoms with E-state index in [0.717, 1.165) is 0 Å². The van der Waals surface area contributed by atoms with Crippen LogP contribution in [0.2, 0.25) is 5.02 Å². The molecule has 0 amide bonds. The Morgan fingerprint density at radius 1 is 1.14 bits per heavy atom. The first-order chi connectivity index (χ1) is 10.4. The Morgan fingerprint density at radius 3 is 2.27 bits per heavy atom. The van der Waals surface area contributed by atoms with Crippen LogP contribution in [-0.2, 0) is 14.8 Å². The number of benzene rings is 1. The van der Waals surface area contributed by atoms with Gasteiger partial charge in [0.15, 0.2) is 0 Å². The molecule has 0 aliphatic carbocycles. The Kier molecular flexibility index (Phi) is 5.80. The summed E-state index contributed by atoms with van der Waals surface area (Å²) >= 11 is 5.78. The van der Waals surface area contributed by atoms with Gasteiger partial charge in [0, 0.05) is 37.6 Å². The maximum Gasteiger partial charge on any atom is 0.303 e. The largest absolute Gasteiger partial charge is 0.481 e. The zero-order valence-electron chi connectivity index (χ0n) is 12.1. The highest BCUT2D eigenvalue weighted by atomic mass is 35.5. The molecule has 0 aromatic heterocycles. The maximum atomic E-state index is 12.5. The Morgan fingerprint density at radius 2 is 1.73 bits per heavy atom. The van der Waals surface area contributed by atoms with Gasteiger partial charge in [-0.3, -0.25) is 4.79 Å². The average Bonchev–Trinajstić information content (AvgIpc) is 2.48. The standard InChI is InChI=1S/C14H19ClN2O4S/c15-12-3-5-13(6-4-12)22(20,21)17-10-8-16(9-11-17)7-1-2-14(18)19/h3-6H,1-2,7-11H2,(H,18,19). The molecule has 1 heterocycles. The topological polar surface area (TPSA) is 77.9 Å². The van der Waals surface area contributed by atoms with Gasteiger partial charge < -0.3 is 10.0 Å². The van der Waals surface area contributed by atoms with Crippen LogP contribution in [-0.4, -0.2) is 61.4 Å². The van der Waals surface area contributed by atoms with Crippen LogP contribution in [0.25, 0.3) is 0 Å². The molecule has 1 N–H and O–H groups in total. The van der Waals surface area contributed by atoms with Gasteiger partial charge in [0.05, 0.1) is 4.90 Å². The van der Waals surface area contributed by atoms with Crippen molar-refractivity contribution < 1.29 is 18.3 Å². The van der Waals surface area contributed by atoms with Crippen LogP contribution in [0.3, 0.4) is 0 Å². The second-order valence-corrected chi connectivity index (χ2v) is 7.57. The Balaban J connectivity index is 1.90. The van der Waals surface area contributed by atoms with Crippen LogP contribution in [0.15, 0.2) is 29.2 Å². The van der Waals surface area contributed by atoms with Crippen molar-refractivity contribution in [2.24, 2.45) is 0 Å². The van der Waals surface area contributed by atoms with Crippen molar-refractivity contribution in [1.82, 2.24) is 9.21 Å². The van der Waals surface area contributed by atoms with Crippen molar-refractivity contribution in [2.75, 3.05) is 32.7 Å². The number of carboxylic acids is 1. The number of hydrogen-bond donors (Lipinski definition) is 1. The van der Waals surface area contributed by atoms with Gasteiger partial charge in [-0.05, 0) is 37.2 Å². The zero-order chi connectivity index (χ0) is 16.2. The van der Waals surface area contributed by atoms with Gasteiger partial charge in [-0.2, -0.15) is 4.31 Å². The third-order valence-corrected chi connectivity index (χ3v) is 5.81. The van der Waals surface area contributed by atoms with Crippen LogP contribution in [0.1, 0.15) is 12.8 Å². The van der Waals surface area contributed by atoms with E-state index < -0.39 is 16.0 Å². The fraction of sp³-hybridized carbons (Fsp3) is 0.500. The van der Waals surface area contributed by atoms with Crippen molar-refractivity contribution in [2.45, 2.75) is 17.7 Å². The SMILES string of the molecule is O=C(O)CCCN1CCN(S(=O)(=O)c2ccc(Cl)cc2)CC1. The Labute approximate surface area is 135 Å². The van der Waals surface area contributed by atoms with E-state index in [4.69, 9.17) is 16.7 Å². The van der Waals surface area contributed by atoms with Crippen molar-refractivity contribution in [1.29, 1.82) is 0 Å².